The van der Waals surface area contributed by atoms with Gasteiger partial charge in [-0.3, -0.25) is 15.1 Å². The van der Waals surface area contributed by atoms with Gasteiger partial charge < -0.3 is 0 Å². The highest BCUT2D eigenvalue weighted by molar-refractivity contribution is 5.86. The molecule has 0 unspecified atom stereocenters. The second kappa shape index (κ2) is 4.69. The molecule has 0 bridgehead atoms. The van der Waals surface area contributed by atoms with Gasteiger partial charge >= 0.3 is 0 Å². The van der Waals surface area contributed by atoms with Crippen molar-refractivity contribution in [3.8, 4) is 11.3 Å². The van der Waals surface area contributed by atoms with Gasteiger partial charge in [0.1, 0.15) is 0 Å². The molecule has 0 aliphatic carbocycles. The molecule has 0 spiro atoms. The molecule has 5 heteroatoms. The highest BCUT2D eigenvalue weighted by Gasteiger charge is 2.02. The molecule has 1 amide bonds. The quantitative estimate of drug-likeness (QED) is 0.851. The van der Waals surface area contributed by atoms with E-state index in [0.29, 0.717) is 5.95 Å². The molecule has 0 radical (unpaired) electrons. The van der Waals surface area contributed by atoms with Gasteiger partial charge in [-0.1, -0.05) is 6.07 Å². The zero-order chi connectivity index (χ0) is 12.3. The molecule has 2 aromatic rings. The minimum atomic E-state index is -0.188. The first-order valence-electron chi connectivity index (χ1n) is 5.19. The van der Waals surface area contributed by atoms with Crippen molar-refractivity contribution in [3.05, 3.63) is 36.3 Å². The van der Waals surface area contributed by atoms with Crippen LogP contribution in [0.2, 0.25) is 0 Å². The number of pyridine rings is 1. The maximum absolute atomic E-state index is 10.8. The zero-order valence-corrected chi connectivity index (χ0v) is 9.64. The van der Waals surface area contributed by atoms with Gasteiger partial charge in [0.25, 0.3) is 0 Å². The Hall–Kier alpha value is -2.30. The lowest BCUT2D eigenvalue weighted by Crippen LogP contribution is -2.08. The largest absolute Gasteiger partial charge is 0.295 e. The summed E-state index contributed by atoms with van der Waals surface area (Å²) in [5.74, 6) is 0.111. The van der Waals surface area contributed by atoms with E-state index in [0.717, 1.165) is 17.0 Å². The van der Waals surface area contributed by atoms with E-state index in [9.17, 15) is 4.79 Å². The predicted molar refractivity (Wildman–Crippen MR) is 64.3 cm³/mol. The first-order valence-corrected chi connectivity index (χ1v) is 5.19. The number of carbonyl (C=O) groups is 1. The number of hydrogen-bond donors (Lipinski definition) is 1. The minimum Gasteiger partial charge on any atom is -0.295 e. The summed E-state index contributed by atoms with van der Waals surface area (Å²) in [6, 6.07) is 5.75. The summed E-state index contributed by atoms with van der Waals surface area (Å²) < 4.78 is 0. The Labute approximate surface area is 99.0 Å². The molecule has 2 heterocycles. The molecule has 1 N–H and O–H groups in total. The first-order chi connectivity index (χ1) is 8.15. The number of nitrogens with one attached hydrogen (secondary N) is 1. The van der Waals surface area contributed by atoms with Crippen molar-refractivity contribution in [3.63, 3.8) is 0 Å². The third kappa shape index (κ3) is 2.84. The van der Waals surface area contributed by atoms with E-state index in [1.807, 2.05) is 25.1 Å². The van der Waals surface area contributed by atoms with Gasteiger partial charge in [-0.25, -0.2) is 9.97 Å². The van der Waals surface area contributed by atoms with E-state index in [-0.39, 0.29) is 5.91 Å². The van der Waals surface area contributed by atoms with Crippen LogP contribution in [0.3, 0.4) is 0 Å². The van der Waals surface area contributed by atoms with Gasteiger partial charge in [0.05, 0.1) is 5.69 Å². The molecule has 0 atom stereocenters. The minimum absolute atomic E-state index is 0.188. The van der Waals surface area contributed by atoms with Crippen LogP contribution in [0.5, 0.6) is 0 Å². The standard InChI is InChI=1S/C12H12N4O/c1-8-4-3-5-11(15-8)10-6-13-12(14-7-10)16-9(2)17/h3-7H,1-2H3,(H,13,14,16,17). The molecule has 0 saturated carbocycles. The fourth-order valence-electron chi connectivity index (χ4n) is 1.39. The fraction of sp³-hybridized carbons (Fsp3) is 0.167. The average molecular weight is 228 g/mol. The lowest BCUT2D eigenvalue weighted by Gasteiger charge is -2.03. The summed E-state index contributed by atoms with van der Waals surface area (Å²) >= 11 is 0. The third-order valence-electron chi connectivity index (χ3n) is 2.12. The van der Waals surface area contributed by atoms with Crippen molar-refractivity contribution in [1.29, 1.82) is 0 Å². The number of carbonyl (C=O) groups excluding carboxylic acids is 1. The normalized spacial score (nSPS) is 10.0. The average Bonchev–Trinajstić information content (AvgIpc) is 2.29. The van der Waals surface area contributed by atoms with Crippen molar-refractivity contribution in [2.45, 2.75) is 13.8 Å². The van der Waals surface area contributed by atoms with Gasteiger partial charge in [-0.15, -0.1) is 0 Å². The van der Waals surface area contributed by atoms with E-state index in [4.69, 9.17) is 0 Å². The second-order valence-electron chi connectivity index (χ2n) is 3.64. The lowest BCUT2D eigenvalue weighted by atomic mass is 10.2. The van der Waals surface area contributed by atoms with Crippen LogP contribution < -0.4 is 5.32 Å². The Balaban J connectivity index is 2.26. The van der Waals surface area contributed by atoms with Crippen LogP contribution >= 0.6 is 0 Å². The molecule has 2 aromatic heterocycles. The molecule has 0 aliphatic heterocycles. The highest BCUT2D eigenvalue weighted by atomic mass is 16.1. The van der Waals surface area contributed by atoms with Crippen molar-refractivity contribution in [2.75, 3.05) is 5.32 Å². The molecule has 86 valence electrons. The number of anilines is 1. The highest BCUT2D eigenvalue weighted by Crippen LogP contribution is 2.15. The third-order valence-corrected chi connectivity index (χ3v) is 2.12. The summed E-state index contributed by atoms with van der Waals surface area (Å²) in [6.07, 6.45) is 3.28. The molecular formula is C12H12N4O. The van der Waals surface area contributed by atoms with E-state index in [1.54, 1.807) is 12.4 Å². The van der Waals surface area contributed by atoms with E-state index in [1.165, 1.54) is 6.92 Å². The summed E-state index contributed by atoms with van der Waals surface area (Å²) in [5.41, 5.74) is 2.58. The van der Waals surface area contributed by atoms with E-state index in [2.05, 4.69) is 20.3 Å². The van der Waals surface area contributed by atoms with Crippen molar-refractivity contribution in [1.82, 2.24) is 15.0 Å². The molecule has 2 rings (SSSR count). The van der Waals surface area contributed by atoms with Crippen LogP contribution in [0.4, 0.5) is 5.95 Å². The van der Waals surface area contributed by atoms with Gasteiger partial charge in [0.15, 0.2) is 0 Å². The topological polar surface area (TPSA) is 67.8 Å². The van der Waals surface area contributed by atoms with Gasteiger partial charge in [0.2, 0.25) is 11.9 Å². The number of aryl methyl sites for hydroxylation is 1. The summed E-state index contributed by atoms with van der Waals surface area (Å²) in [6.45, 7) is 3.34. The van der Waals surface area contributed by atoms with Gasteiger partial charge in [-0.05, 0) is 19.1 Å². The zero-order valence-electron chi connectivity index (χ0n) is 9.64. The van der Waals surface area contributed by atoms with Crippen LogP contribution in [0, 0.1) is 6.92 Å². The maximum atomic E-state index is 10.8. The number of aromatic nitrogens is 3. The van der Waals surface area contributed by atoms with Crippen molar-refractivity contribution in [2.24, 2.45) is 0 Å². The Morgan fingerprint density at radius 2 is 1.94 bits per heavy atom. The Morgan fingerprint density at radius 1 is 1.24 bits per heavy atom. The van der Waals surface area contributed by atoms with Crippen molar-refractivity contribution < 1.29 is 4.79 Å². The van der Waals surface area contributed by atoms with E-state index < -0.39 is 0 Å². The second-order valence-corrected chi connectivity index (χ2v) is 3.64. The van der Waals surface area contributed by atoms with Crippen LogP contribution in [-0.2, 0) is 4.79 Å². The maximum Gasteiger partial charge on any atom is 0.229 e. The van der Waals surface area contributed by atoms with Crippen LogP contribution in [0.25, 0.3) is 11.3 Å². The molecule has 0 aromatic carbocycles. The smallest absolute Gasteiger partial charge is 0.229 e. The fourth-order valence-corrected chi connectivity index (χ4v) is 1.39. The summed E-state index contributed by atoms with van der Waals surface area (Å²) in [4.78, 5) is 23.3. The first kappa shape index (κ1) is 11.2. The lowest BCUT2D eigenvalue weighted by molar-refractivity contribution is -0.114. The van der Waals surface area contributed by atoms with Crippen LogP contribution in [0.1, 0.15) is 12.6 Å². The number of nitrogens with zero attached hydrogens (tertiary/aromatic N) is 3. The molecule has 0 aliphatic rings. The molecule has 0 fully saturated rings. The van der Waals surface area contributed by atoms with Crippen LogP contribution in [-0.4, -0.2) is 20.9 Å². The number of rotatable bonds is 2. The number of hydrogen-bond acceptors (Lipinski definition) is 4. The Kier molecular flexibility index (Phi) is 3.09. The monoisotopic (exact) mass is 228 g/mol. The molecular weight excluding hydrogens is 216 g/mol. The Bertz CT molecular complexity index is 536. The SMILES string of the molecule is CC(=O)Nc1ncc(-c2cccc(C)n2)cn1. The summed E-state index contributed by atoms with van der Waals surface area (Å²) in [7, 11) is 0. The molecule has 5 nitrogen and oxygen atoms in total. The van der Waals surface area contributed by atoms with Crippen LogP contribution in [0.15, 0.2) is 30.6 Å². The Morgan fingerprint density at radius 3 is 2.53 bits per heavy atom. The summed E-state index contributed by atoms with van der Waals surface area (Å²) in [5, 5.41) is 2.51. The van der Waals surface area contributed by atoms with Gasteiger partial charge in [0, 0.05) is 30.6 Å². The van der Waals surface area contributed by atoms with Crippen molar-refractivity contribution >= 4 is 11.9 Å². The van der Waals surface area contributed by atoms with Gasteiger partial charge in [-0.2, -0.15) is 0 Å². The van der Waals surface area contributed by atoms with E-state index >= 15 is 0 Å². The predicted octanol–water partition coefficient (Wildman–Crippen LogP) is 1.81. The molecule has 0 saturated heterocycles. The number of amides is 1. The molecule has 17 heavy (non-hydrogen) atoms.